The van der Waals surface area contributed by atoms with Gasteiger partial charge in [-0.15, -0.1) is 0 Å². The molecule has 0 saturated carbocycles. The molecule has 1 heterocycles. The molecule has 0 atom stereocenters. The lowest BCUT2D eigenvalue weighted by molar-refractivity contribution is 0.0697. The number of aromatic nitrogens is 2. The molecule has 4 nitrogen and oxygen atoms in total. The number of H-pyrrole nitrogens is 1. The molecule has 0 radical (unpaired) electrons. The molecule has 3 aromatic rings. The first-order valence-electron chi connectivity index (χ1n) is 6.50. The molecule has 0 amide bonds. The second kappa shape index (κ2) is 4.81. The Bertz CT molecular complexity index is 790. The van der Waals surface area contributed by atoms with E-state index in [4.69, 9.17) is 5.11 Å². The standard InChI is InChI=1S/C16H14N2O2/c1-2-10-4-3-5-11(8-10)15-13-9-12(16(19)20)6-7-14(13)17-18-15/h3-9H,2H2,1H3,(H,17,18)(H,19,20). The maximum atomic E-state index is 11.1. The largest absolute Gasteiger partial charge is 0.478 e. The fourth-order valence-electron chi connectivity index (χ4n) is 2.31. The van der Waals surface area contributed by atoms with E-state index < -0.39 is 5.97 Å². The lowest BCUT2D eigenvalue weighted by atomic mass is 10.0. The number of hydrogen-bond donors (Lipinski definition) is 2. The molecule has 0 aliphatic carbocycles. The van der Waals surface area contributed by atoms with Gasteiger partial charge in [-0.25, -0.2) is 4.79 Å². The van der Waals surface area contributed by atoms with Gasteiger partial charge in [0, 0.05) is 10.9 Å². The van der Waals surface area contributed by atoms with Crippen LogP contribution in [-0.2, 0) is 6.42 Å². The number of benzene rings is 2. The molecule has 0 fully saturated rings. The molecule has 0 saturated heterocycles. The molecule has 4 heteroatoms. The fraction of sp³-hybridized carbons (Fsp3) is 0.125. The number of fused-ring (bicyclic) bond motifs is 1. The lowest BCUT2D eigenvalue weighted by Gasteiger charge is -2.02. The van der Waals surface area contributed by atoms with E-state index >= 15 is 0 Å². The van der Waals surface area contributed by atoms with Gasteiger partial charge in [-0.05, 0) is 36.2 Å². The van der Waals surface area contributed by atoms with Gasteiger partial charge in [0.1, 0.15) is 0 Å². The van der Waals surface area contributed by atoms with Gasteiger partial charge in [-0.1, -0.05) is 25.1 Å². The first kappa shape index (κ1) is 12.4. The van der Waals surface area contributed by atoms with Gasteiger partial charge in [0.25, 0.3) is 0 Å². The van der Waals surface area contributed by atoms with E-state index in [0.29, 0.717) is 0 Å². The Kier molecular flexibility index (Phi) is 2.99. The fourth-order valence-corrected chi connectivity index (χ4v) is 2.31. The van der Waals surface area contributed by atoms with Gasteiger partial charge < -0.3 is 5.11 Å². The maximum Gasteiger partial charge on any atom is 0.335 e. The zero-order chi connectivity index (χ0) is 14.1. The van der Waals surface area contributed by atoms with Gasteiger partial charge in [0.2, 0.25) is 0 Å². The summed E-state index contributed by atoms with van der Waals surface area (Å²) < 4.78 is 0. The van der Waals surface area contributed by atoms with Gasteiger partial charge in [-0.2, -0.15) is 5.10 Å². The van der Waals surface area contributed by atoms with Crippen LogP contribution in [-0.4, -0.2) is 21.3 Å². The summed E-state index contributed by atoms with van der Waals surface area (Å²) in [5, 5.41) is 17.2. The molecule has 20 heavy (non-hydrogen) atoms. The average molecular weight is 266 g/mol. The van der Waals surface area contributed by atoms with E-state index in [-0.39, 0.29) is 5.56 Å². The van der Waals surface area contributed by atoms with Gasteiger partial charge >= 0.3 is 5.97 Å². The molecule has 0 aliphatic heterocycles. The number of aryl methyl sites for hydroxylation is 1. The molecular weight excluding hydrogens is 252 g/mol. The zero-order valence-electron chi connectivity index (χ0n) is 11.1. The second-order valence-corrected chi connectivity index (χ2v) is 4.69. The highest BCUT2D eigenvalue weighted by Crippen LogP contribution is 2.27. The van der Waals surface area contributed by atoms with Crippen molar-refractivity contribution in [2.45, 2.75) is 13.3 Å². The van der Waals surface area contributed by atoms with Crippen LogP contribution in [0.1, 0.15) is 22.8 Å². The predicted molar refractivity (Wildman–Crippen MR) is 77.9 cm³/mol. The smallest absolute Gasteiger partial charge is 0.335 e. The average Bonchev–Trinajstić information content (AvgIpc) is 2.90. The summed E-state index contributed by atoms with van der Waals surface area (Å²) in [5.41, 5.74) is 4.13. The van der Waals surface area contributed by atoms with Gasteiger partial charge in [0.15, 0.2) is 0 Å². The van der Waals surface area contributed by atoms with Crippen molar-refractivity contribution in [3.63, 3.8) is 0 Å². The number of nitrogens with zero attached hydrogens (tertiary/aromatic N) is 1. The third-order valence-electron chi connectivity index (χ3n) is 3.42. The van der Waals surface area contributed by atoms with Crippen molar-refractivity contribution in [1.29, 1.82) is 0 Å². The number of hydrogen-bond acceptors (Lipinski definition) is 2. The van der Waals surface area contributed by atoms with E-state index in [2.05, 4.69) is 29.3 Å². The molecular formula is C16H14N2O2. The number of carboxylic acid groups (broad SMARTS) is 1. The summed E-state index contributed by atoms with van der Waals surface area (Å²) in [6.07, 6.45) is 0.955. The minimum atomic E-state index is -0.929. The third-order valence-corrected chi connectivity index (χ3v) is 3.42. The Balaban J connectivity index is 2.20. The van der Waals surface area contributed by atoms with Crippen LogP contribution in [0, 0.1) is 0 Å². The van der Waals surface area contributed by atoms with E-state index in [1.54, 1.807) is 18.2 Å². The minimum Gasteiger partial charge on any atom is -0.478 e. The number of aromatic amines is 1. The van der Waals surface area contributed by atoms with Crippen molar-refractivity contribution < 1.29 is 9.90 Å². The maximum absolute atomic E-state index is 11.1. The summed E-state index contributed by atoms with van der Waals surface area (Å²) in [6, 6.07) is 13.1. The van der Waals surface area contributed by atoms with E-state index in [9.17, 15) is 4.79 Å². The summed E-state index contributed by atoms with van der Waals surface area (Å²) in [4.78, 5) is 11.1. The summed E-state index contributed by atoms with van der Waals surface area (Å²) >= 11 is 0. The normalized spacial score (nSPS) is 10.8. The highest BCUT2D eigenvalue weighted by molar-refractivity contribution is 5.98. The SMILES string of the molecule is CCc1cccc(-c2n[nH]c3ccc(C(=O)O)cc23)c1. The van der Waals surface area contributed by atoms with Crippen molar-refractivity contribution >= 4 is 16.9 Å². The molecule has 0 bridgehead atoms. The Morgan fingerprint density at radius 2 is 2.10 bits per heavy atom. The topological polar surface area (TPSA) is 66.0 Å². The molecule has 0 spiro atoms. The van der Waals surface area contributed by atoms with Crippen LogP contribution in [0.15, 0.2) is 42.5 Å². The molecule has 0 unspecified atom stereocenters. The monoisotopic (exact) mass is 266 g/mol. The van der Waals surface area contributed by atoms with E-state index in [1.807, 2.05) is 12.1 Å². The van der Waals surface area contributed by atoms with Gasteiger partial charge in [-0.3, -0.25) is 5.10 Å². The summed E-state index contributed by atoms with van der Waals surface area (Å²) in [6.45, 7) is 2.10. The molecule has 2 aromatic carbocycles. The number of carboxylic acids is 1. The number of nitrogens with one attached hydrogen (secondary N) is 1. The Morgan fingerprint density at radius 3 is 2.85 bits per heavy atom. The molecule has 2 N–H and O–H groups in total. The first-order chi connectivity index (χ1) is 9.69. The Labute approximate surface area is 116 Å². The minimum absolute atomic E-state index is 0.270. The summed E-state index contributed by atoms with van der Waals surface area (Å²) in [7, 11) is 0. The second-order valence-electron chi connectivity index (χ2n) is 4.69. The predicted octanol–water partition coefficient (Wildman–Crippen LogP) is 3.49. The van der Waals surface area contributed by atoms with Gasteiger partial charge in [0.05, 0.1) is 16.8 Å². The van der Waals surface area contributed by atoms with Crippen LogP contribution in [0.25, 0.3) is 22.2 Å². The highest BCUT2D eigenvalue weighted by Gasteiger charge is 2.11. The number of rotatable bonds is 3. The summed E-state index contributed by atoms with van der Waals surface area (Å²) in [5.74, 6) is -0.929. The van der Waals surface area contributed by atoms with E-state index in [1.165, 1.54) is 5.56 Å². The molecule has 100 valence electrons. The Morgan fingerprint density at radius 1 is 1.25 bits per heavy atom. The van der Waals surface area contributed by atoms with Crippen molar-refractivity contribution in [3.05, 3.63) is 53.6 Å². The first-order valence-corrected chi connectivity index (χ1v) is 6.50. The Hall–Kier alpha value is -2.62. The van der Waals surface area contributed by atoms with Crippen molar-refractivity contribution in [2.24, 2.45) is 0 Å². The third kappa shape index (κ3) is 2.05. The molecule has 1 aromatic heterocycles. The number of carbonyl (C=O) groups is 1. The van der Waals surface area contributed by atoms with Crippen LogP contribution >= 0.6 is 0 Å². The van der Waals surface area contributed by atoms with Crippen LogP contribution < -0.4 is 0 Å². The van der Waals surface area contributed by atoms with Crippen LogP contribution in [0.2, 0.25) is 0 Å². The van der Waals surface area contributed by atoms with Crippen LogP contribution in [0.4, 0.5) is 0 Å². The quantitative estimate of drug-likeness (QED) is 0.762. The van der Waals surface area contributed by atoms with Crippen molar-refractivity contribution in [2.75, 3.05) is 0 Å². The van der Waals surface area contributed by atoms with E-state index in [0.717, 1.165) is 28.6 Å². The zero-order valence-corrected chi connectivity index (χ0v) is 11.1. The van der Waals surface area contributed by atoms with Crippen LogP contribution in [0.3, 0.4) is 0 Å². The number of aromatic carboxylic acids is 1. The van der Waals surface area contributed by atoms with Crippen molar-refractivity contribution in [1.82, 2.24) is 10.2 Å². The lowest BCUT2D eigenvalue weighted by Crippen LogP contribution is -1.95. The molecule has 3 rings (SSSR count). The van der Waals surface area contributed by atoms with Crippen molar-refractivity contribution in [3.8, 4) is 11.3 Å². The molecule has 0 aliphatic rings. The van der Waals surface area contributed by atoms with Crippen LogP contribution in [0.5, 0.6) is 0 Å². The highest BCUT2D eigenvalue weighted by atomic mass is 16.4.